The van der Waals surface area contributed by atoms with E-state index in [4.69, 9.17) is 14.6 Å². The Morgan fingerprint density at radius 1 is 1.11 bits per heavy atom. The van der Waals surface area contributed by atoms with E-state index in [2.05, 4.69) is 4.18 Å². The Morgan fingerprint density at radius 3 is 1.94 bits per heavy atom. The summed E-state index contributed by atoms with van der Waals surface area (Å²) in [6.07, 6.45) is 2.11. The first-order chi connectivity index (χ1) is 7.47. The Morgan fingerprint density at radius 2 is 1.67 bits per heavy atom. The maximum atomic E-state index is 10.5. The third kappa shape index (κ3) is 10.4. The van der Waals surface area contributed by atoms with Crippen LogP contribution in [-0.4, -0.2) is 58.4 Å². The molecule has 18 heavy (non-hydrogen) atoms. The molecule has 0 unspecified atom stereocenters. The molecule has 0 spiro atoms. The largest absolute Gasteiger partial charge is 0.391 e. The fourth-order valence-corrected chi connectivity index (χ4v) is 2.00. The summed E-state index contributed by atoms with van der Waals surface area (Å²) in [5.41, 5.74) is 0. The fourth-order valence-electron chi connectivity index (χ4n) is 1.36. The lowest BCUT2D eigenvalue weighted by Gasteiger charge is -2.04. The lowest BCUT2D eigenvalue weighted by molar-refractivity contribution is 0.127. The summed E-state index contributed by atoms with van der Waals surface area (Å²) in [6, 6.07) is 0. The molecule has 2 aliphatic rings. The van der Waals surface area contributed by atoms with E-state index in [1.165, 1.54) is 0 Å². The molecule has 9 heteroatoms. The summed E-state index contributed by atoms with van der Waals surface area (Å²) in [7, 11) is -3.29. The number of hydrogen-bond acceptors (Lipinski definition) is 6. The molecule has 0 amide bonds. The van der Waals surface area contributed by atoms with Gasteiger partial charge in [0.05, 0.1) is 25.6 Å². The van der Waals surface area contributed by atoms with Crippen LogP contribution in [0.4, 0.5) is 0 Å². The van der Waals surface area contributed by atoms with Crippen molar-refractivity contribution < 1.29 is 27.2 Å². The molecule has 0 saturated carbocycles. The topological polar surface area (TPSA) is 82.1 Å². The normalized spacial score (nSPS) is 26.6. The highest BCUT2D eigenvalue weighted by Gasteiger charge is 2.20. The highest BCUT2D eigenvalue weighted by molar-refractivity contribution is 7.86. The van der Waals surface area contributed by atoms with Gasteiger partial charge in [-0.25, -0.2) is 0 Å². The quantitative estimate of drug-likeness (QED) is 0.706. The first-order valence-electron chi connectivity index (χ1n) is 5.19. The summed E-state index contributed by atoms with van der Waals surface area (Å²) >= 11 is 0. The number of hydrogen-bond donors (Lipinski definition) is 1. The molecule has 0 aromatic carbocycles. The van der Waals surface area contributed by atoms with Crippen LogP contribution >= 0.6 is 27.0 Å². The third-order valence-corrected chi connectivity index (χ3v) is 2.73. The molecule has 2 rings (SSSR count). The summed E-state index contributed by atoms with van der Waals surface area (Å²) in [6.45, 7) is 2.27. The van der Waals surface area contributed by atoms with Crippen LogP contribution in [-0.2, 0) is 23.8 Å². The third-order valence-electron chi connectivity index (χ3n) is 2.10. The van der Waals surface area contributed by atoms with Crippen molar-refractivity contribution in [2.75, 3.05) is 32.7 Å². The average molecular weight is 322 g/mol. The summed E-state index contributed by atoms with van der Waals surface area (Å²) in [4.78, 5) is 0. The highest BCUT2D eigenvalue weighted by Crippen LogP contribution is 2.09. The maximum Gasteiger partial charge on any atom is 0.264 e. The molecule has 2 atom stereocenters. The zero-order valence-electron chi connectivity index (χ0n) is 10.3. The van der Waals surface area contributed by atoms with E-state index in [1.807, 2.05) is 0 Å². The highest BCUT2D eigenvalue weighted by atomic mass is 32.2. The Hall–Kier alpha value is 0.490. The van der Waals surface area contributed by atoms with Gasteiger partial charge in [-0.05, 0) is 6.42 Å². The molecule has 0 aromatic rings. The lowest BCUT2D eigenvalue weighted by Crippen LogP contribution is -2.16. The molecule has 0 aromatic heterocycles. The van der Waals surface area contributed by atoms with Crippen LogP contribution in [0.2, 0.25) is 0 Å². The second-order valence-corrected chi connectivity index (χ2v) is 5.40. The van der Waals surface area contributed by atoms with Crippen LogP contribution in [0, 0.1) is 0 Å². The first kappa shape index (κ1) is 20.8. The van der Waals surface area contributed by atoms with Crippen LogP contribution in [0.15, 0.2) is 0 Å². The molecule has 0 bridgehead atoms. The molecule has 2 aliphatic heterocycles. The molecule has 2 fully saturated rings. The zero-order valence-corrected chi connectivity index (χ0v) is 13.1. The van der Waals surface area contributed by atoms with Crippen LogP contribution in [0.1, 0.15) is 12.8 Å². The van der Waals surface area contributed by atoms with Gasteiger partial charge in [-0.2, -0.15) is 35.4 Å². The second kappa shape index (κ2) is 10.3. The molecular weight excluding hydrogens is 300 g/mol. The monoisotopic (exact) mass is 322 g/mol. The Kier molecular flexibility index (Phi) is 11.9. The van der Waals surface area contributed by atoms with E-state index < -0.39 is 10.1 Å². The van der Waals surface area contributed by atoms with Crippen LogP contribution in [0.5, 0.6) is 0 Å². The van der Waals surface area contributed by atoms with Crippen molar-refractivity contribution in [2.45, 2.75) is 25.0 Å². The van der Waals surface area contributed by atoms with Crippen LogP contribution in [0.25, 0.3) is 0 Å². The zero-order chi connectivity index (χ0) is 12.0. The van der Waals surface area contributed by atoms with Crippen molar-refractivity contribution in [3.8, 4) is 0 Å². The van der Waals surface area contributed by atoms with Crippen molar-refractivity contribution >= 4 is 37.1 Å². The van der Waals surface area contributed by atoms with Gasteiger partial charge in [0.25, 0.3) is 10.1 Å². The Bertz CT molecular complexity index is 283. The smallest absolute Gasteiger partial charge is 0.264 e. The summed E-state index contributed by atoms with van der Waals surface area (Å²) in [5.74, 6) is 0. The molecule has 0 aliphatic carbocycles. The van der Waals surface area contributed by atoms with Gasteiger partial charge in [0.1, 0.15) is 6.10 Å². The molecule has 1 N–H and O–H groups in total. The molecule has 2 heterocycles. The van der Waals surface area contributed by atoms with Gasteiger partial charge in [-0.3, -0.25) is 4.18 Å². The van der Waals surface area contributed by atoms with Crippen molar-refractivity contribution in [3.05, 3.63) is 0 Å². The average Bonchev–Trinajstić information content (AvgIpc) is 2.76. The predicted octanol–water partition coefficient (Wildman–Crippen LogP) is -0.255. The van der Waals surface area contributed by atoms with E-state index in [0.29, 0.717) is 26.2 Å². The minimum atomic E-state index is -3.29. The number of aliphatic hydroxyl groups is 1. The van der Waals surface area contributed by atoms with Gasteiger partial charge in [-0.1, -0.05) is 0 Å². The van der Waals surface area contributed by atoms with Crippen LogP contribution in [0.3, 0.4) is 0 Å². The van der Waals surface area contributed by atoms with E-state index in [-0.39, 0.29) is 39.2 Å². The SMILES string of the molecule is CS(=O)(=O)O[C@H]1CCOC1.O[C@H]1CCOC1.S.S. The van der Waals surface area contributed by atoms with Gasteiger partial charge in [0, 0.05) is 19.6 Å². The Balaban J connectivity index is 0. The number of rotatable bonds is 2. The number of ether oxygens (including phenoxy) is 2. The number of aliphatic hydroxyl groups excluding tert-OH is 1. The minimum absolute atomic E-state index is 0. The summed E-state index contributed by atoms with van der Waals surface area (Å²) in [5, 5.41) is 8.60. The van der Waals surface area contributed by atoms with E-state index in [9.17, 15) is 8.42 Å². The van der Waals surface area contributed by atoms with Gasteiger partial charge < -0.3 is 14.6 Å². The first-order valence-corrected chi connectivity index (χ1v) is 7.01. The predicted molar refractivity (Wildman–Crippen MR) is 77.4 cm³/mol. The van der Waals surface area contributed by atoms with Crippen LogP contribution < -0.4 is 0 Å². The van der Waals surface area contributed by atoms with Gasteiger partial charge in [0.2, 0.25) is 0 Å². The standard InChI is InChI=1S/C5H10O4S.C4H8O2.2H2S/c1-10(6,7)9-5-2-3-8-4-5;5-4-1-2-6-3-4;;/h5H,2-4H2,1H3;4-5H,1-3H2;2*1H2/t5-;4-;;/m00../s1. The van der Waals surface area contributed by atoms with Crippen molar-refractivity contribution in [1.29, 1.82) is 0 Å². The minimum Gasteiger partial charge on any atom is -0.391 e. The maximum absolute atomic E-state index is 10.5. The van der Waals surface area contributed by atoms with E-state index in [0.717, 1.165) is 19.3 Å². The van der Waals surface area contributed by atoms with Gasteiger partial charge in [-0.15, -0.1) is 0 Å². The molecular formula is C9H22O6S3. The fraction of sp³-hybridized carbons (Fsp3) is 1.00. The summed E-state index contributed by atoms with van der Waals surface area (Å²) < 4.78 is 35.4. The van der Waals surface area contributed by atoms with Gasteiger partial charge in [0.15, 0.2) is 0 Å². The lowest BCUT2D eigenvalue weighted by atomic mass is 10.3. The Labute approximate surface area is 122 Å². The molecule has 6 nitrogen and oxygen atoms in total. The van der Waals surface area contributed by atoms with E-state index >= 15 is 0 Å². The van der Waals surface area contributed by atoms with Crippen molar-refractivity contribution in [3.63, 3.8) is 0 Å². The molecule has 2 saturated heterocycles. The van der Waals surface area contributed by atoms with Crippen molar-refractivity contribution in [2.24, 2.45) is 0 Å². The molecule has 112 valence electrons. The molecule has 0 radical (unpaired) electrons. The van der Waals surface area contributed by atoms with Gasteiger partial charge >= 0.3 is 0 Å². The second-order valence-electron chi connectivity index (χ2n) is 3.80. The van der Waals surface area contributed by atoms with E-state index in [1.54, 1.807) is 0 Å². The van der Waals surface area contributed by atoms with Crippen molar-refractivity contribution in [1.82, 2.24) is 0 Å².